The van der Waals surface area contributed by atoms with Crippen LogP contribution >= 0.6 is 11.6 Å². The molecule has 1 aromatic heterocycles. The average Bonchev–Trinajstić information content (AvgIpc) is 3.56. The Bertz CT molecular complexity index is 1230. The summed E-state index contributed by atoms with van der Waals surface area (Å²) < 4.78 is 27.8. The first-order chi connectivity index (χ1) is 14.5. The number of hydrogen-bond donors (Lipinski definition) is 3. The quantitative estimate of drug-likeness (QED) is 0.548. The number of halogens is 1. The third-order valence-electron chi connectivity index (χ3n) is 5.19. The molecule has 2 aromatic carbocycles. The summed E-state index contributed by atoms with van der Waals surface area (Å²) in [6, 6.07) is 13.6. The molecule has 9 heteroatoms. The summed E-state index contributed by atoms with van der Waals surface area (Å²) in [6.07, 6.45) is 4.42. The highest BCUT2D eigenvalue weighted by Gasteiger charge is 2.36. The lowest BCUT2D eigenvalue weighted by molar-refractivity contribution is 0.600. The first-order valence-corrected chi connectivity index (χ1v) is 11.7. The summed E-state index contributed by atoms with van der Waals surface area (Å²) in [4.78, 5) is 8.73. The van der Waals surface area contributed by atoms with E-state index in [9.17, 15) is 8.42 Å². The lowest BCUT2D eigenvalue weighted by Gasteiger charge is -2.15. The van der Waals surface area contributed by atoms with Gasteiger partial charge < -0.3 is 10.6 Å². The Morgan fingerprint density at radius 2 is 1.87 bits per heavy atom. The van der Waals surface area contributed by atoms with Crippen LogP contribution in [0.25, 0.3) is 0 Å². The third-order valence-corrected chi connectivity index (χ3v) is 7.32. The monoisotopic (exact) mass is 441 g/mol. The Morgan fingerprint density at radius 3 is 2.70 bits per heavy atom. The Kier molecular flexibility index (Phi) is 4.75. The van der Waals surface area contributed by atoms with E-state index < -0.39 is 10.0 Å². The molecule has 0 saturated heterocycles. The van der Waals surface area contributed by atoms with E-state index in [0.717, 1.165) is 41.8 Å². The van der Waals surface area contributed by atoms with Crippen LogP contribution in [0.4, 0.5) is 28.8 Å². The normalized spacial score (nSPS) is 15.6. The van der Waals surface area contributed by atoms with Crippen LogP contribution in [0.1, 0.15) is 24.0 Å². The zero-order valence-electron chi connectivity index (χ0n) is 16.0. The summed E-state index contributed by atoms with van der Waals surface area (Å²) in [7, 11) is -3.34. The Hall–Kier alpha value is -2.84. The van der Waals surface area contributed by atoms with Gasteiger partial charge in [0.1, 0.15) is 5.02 Å². The minimum Gasteiger partial charge on any atom is -0.339 e. The second-order valence-corrected chi connectivity index (χ2v) is 9.93. The molecule has 1 saturated carbocycles. The molecule has 6 bridgehead atoms. The van der Waals surface area contributed by atoms with E-state index in [0.29, 0.717) is 28.9 Å². The van der Waals surface area contributed by atoms with E-state index in [-0.39, 0.29) is 5.25 Å². The molecule has 5 rings (SSSR count). The van der Waals surface area contributed by atoms with Crippen molar-refractivity contribution >= 4 is 50.5 Å². The van der Waals surface area contributed by atoms with Gasteiger partial charge in [0.05, 0.1) is 17.1 Å². The van der Waals surface area contributed by atoms with E-state index >= 15 is 0 Å². The van der Waals surface area contributed by atoms with Gasteiger partial charge in [-0.25, -0.2) is 13.4 Å². The van der Waals surface area contributed by atoms with Gasteiger partial charge >= 0.3 is 0 Å². The predicted molar refractivity (Wildman–Crippen MR) is 119 cm³/mol. The van der Waals surface area contributed by atoms with E-state index in [2.05, 4.69) is 31.4 Å². The molecule has 1 aliphatic heterocycles. The fraction of sp³-hybridized carbons (Fsp3) is 0.238. The van der Waals surface area contributed by atoms with E-state index in [1.807, 2.05) is 30.3 Å². The largest absolute Gasteiger partial charge is 0.339 e. The molecule has 1 fully saturated rings. The van der Waals surface area contributed by atoms with Gasteiger partial charge in [0, 0.05) is 11.4 Å². The number of aryl methyl sites for hydroxylation is 2. The van der Waals surface area contributed by atoms with Crippen LogP contribution in [-0.2, 0) is 22.9 Å². The first kappa shape index (κ1) is 19.1. The van der Waals surface area contributed by atoms with Crippen LogP contribution in [0.3, 0.4) is 0 Å². The molecule has 0 spiro atoms. The van der Waals surface area contributed by atoms with Crippen LogP contribution in [0, 0.1) is 0 Å². The molecule has 0 atom stereocenters. The van der Waals surface area contributed by atoms with Gasteiger partial charge in [-0.2, -0.15) is 4.98 Å². The molecule has 2 aliphatic rings. The number of fused-ring (bicyclic) bond motifs is 6. The number of nitrogens with one attached hydrogen (secondary N) is 3. The van der Waals surface area contributed by atoms with Crippen LogP contribution in [-0.4, -0.2) is 23.6 Å². The zero-order valence-corrected chi connectivity index (χ0v) is 17.6. The van der Waals surface area contributed by atoms with Crippen molar-refractivity contribution in [2.24, 2.45) is 0 Å². The van der Waals surface area contributed by atoms with Gasteiger partial charge in [0.25, 0.3) is 0 Å². The van der Waals surface area contributed by atoms with Crippen molar-refractivity contribution in [2.45, 2.75) is 30.9 Å². The summed E-state index contributed by atoms with van der Waals surface area (Å²) in [5.41, 5.74) is 4.30. The second kappa shape index (κ2) is 7.45. The summed E-state index contributed by atoms with van der Waals surface area (Å²) >= 11 is 6.29. The summed E-state index contributed by atoms with van der Waals surface area (Å²) in [5.74, 6) is 0.911. The molecule has 154 valence electrons. The fourth-order valence-corrected chi connectivity index (χ4v) is 5.02. The number of anilines is 5. The number of benzene rings is 2. The molecule has 30 heavy (non-hydrogen) atoms. The van der Waals surface area contributed by atoms with E-state index in [4.69, 9.17) is 11.6 Å². The lowest BCUT2D eigenvalue weighted by Crippen LogP contribution is -2.18. The molecule has 0 unspecified atom stereocenters. The highest BCUT2D eigenvalue weighted by atomic mass is 35.5. The number of aromatic nitrogens is 2. The van der Waals surface area contributed by atoms with Crippen LogP contribution in [0.5, 0.6) is 0 Å². The first-order valence-electron chi connectivity index (χ1n) is 9.76. The number of hydrogen-bond acceptors (Lipinski definition) is 6. The van der Waals surface area contributed by atoms with Crippen molar-refractivity contribution in [3.63, 3.8) is 0 Å². The van der Waals surface area contributed by atoms with Crippen LogP contribution < -0.4 is 15.4 Å². The van der Waals surface area contributed by atoms with Gasteiger partial charge in [-0.15, -0.1) is 0 Å². The van der Waals surface area contributed by atoms with E-state index in [1.54, 1.807) is 12.3 Å². The summed E-state index contributed by atoms with van der Waals surface area (Å²) in [5, 5.41) is 6.54. The molecule has 1 aliphatic carbocycles. The van der Waals surface area contributed by atoms with Gasteiger partial charge in [-0.05, 0) is 67.1 Å². The third kappa shape index (κ3) is 4.06. The van der Waals surface area contributed by atoms with Gasteiger partial charge in [0.2, 0.25) is 16.0 Å². The smallest absolute Gasteiger partial charge is 0.235 e. The molecule has 0 amide bonds. The van der Waals surface area contributed by atoms with Crippen molar-refractivity contribution in [2.75, 3.05) is 15.4 Å². The molecule has 7 nitrogen and oxygen atoms in total. The fourth-order valence-electron chi connectivity index (χ4n) is 3.46. The maximum atomic E-state index is 12.5. The van der Waals surface area contributed by atoms with Crippen molar-refractivity contribution in [1.82, 2.24) is 9.97 Å². The topological polar surface area (TPSA) is 96.0 Å². The highest BCUT2D eigenvalue weighted by molar-refractivity contribution is 7.93. The number of nitrogens with zero attached hydrogens (tertiary/aromatic N) is 2. The van der Waals surface area contributed by atoms with Crippen LogP contribution in [0.15, 0.2) is 48.7 Å². The molecule has 2 heterocycles. The molecule has 3 N–H and O–H groups in total. The van der Waals surface area contributed by atoms with Gasteiger partial charge in [0.15, 0.2) is 5.82 Å². The van der Waals surface area contributed by atoms with Crippen molar-refractivity contribution in [3.05, 3.63) is 64.8 Å². The van der Waals surface area contributed by atoms with Crippen molar-refractivity contribution in [1.29, 1.82) is 0 Å². The SMILES string of the molecule is O=S(=O)(Nc1ccc2cc1CCc1cccc(c1)Nc1ncc(Cl)c(n1)N2)C1CC1. The minimum absolute atomic E-state index is 0.279. The van der Waals surface area contributed by atoms with Gasteiger partial charge in [-0.1, -0.05) is 23.7 Å². The molecular formula is C21H20ClN5O2S. The predicted octanol–water partition coefficient (Wildman–Crippen LogP) is 4.62. The Balaban J connectivity index is 1.57. The average molecular weight is 442 g/mol. The standard InChI is InChI=1S/C21H20ClN5O2S/c22-18-12-23-21-25-15-3-1-2-13(10-15)4-5-14-11-16(24-20(18)26-21)6-9-19(14)27-30(28,29)17-7-8-17/h1-3,6,9-12,17,27H,4-5,7-8H2,(H2,23,24,25,26). The maximum Gasteiger partial charge on any atom is 0.235 e. The number of sulfonamides is 1. The Morgan fingerprint density at radius 1 is 1.03 bits per heavy atom. The lowest BCUT2D eigenvalue weighted by atomic mass is 10.0. The maximum absolute atomic E-state index is 12.5. The second-order valence-electron chi connectivity index (χ2n) is 7.56. The zero-order chi connectivity index (χ0) is 20.7. The highest BCUT2D eigenvalue weighted by Crippen LogP contribution is 2.33. The Labute approximate surface area is 180 Å². The molecule has 3 aromatic rings. The van der Waals surface area contributed by atoms with E-state index in [1.165, 1.54) is 0 Å². The van der Waals surface area contributed by atoms with Crippen molar-refractivity contribution in [3.8, 4) is 0 Å². The van der Waals surface area contributed by atoms with Crippen molar-refractivity contribution < 1.29 is 8.42 Å². The van der Waals surface area contributed by atoms with Crippen LogP contribution in [0.2, 0.25) is 5.02 Å². The molecular weight excluding hydrogens is 422 g/mol. The number of rotatable bonds is 3. The summed E-state index contributed by atoms with van der Waals surface area (Å²) in [6.45, 7) is 0. The van der Waals surface area contributed by atoms with Gasteiger partial charge in [-0.3, -0.25) is 4.72 Å². The molecule has 0 radical (unpaired) electrons. The minimum atomic E-state index is -3.34.